The highest BCUT2D eigenvalue weighted by atomic mass is 35.5. The van der Waals surface area contributed by atoms with Crippen LogP contribution >= 0.6 is 23.4 Å². The second kappa shape index (κ2) is 12.6. The minimum atomic E-state index is -2.89. The van der Waals surface area contributed by atoms with Crippen molar-refractivity contribution in [1.29, 1.82) is 0 Å². The molecule has 3 aromatic rings. The predicted octanol–water partition coefficient (Wildman–Crippen LogP) is 4.63. The Labute approximate surface area is 254 Å². The van der Waals surface area contributed by atoms with Crippen molar-refractivity contribution >= 4 is 23.4 Å². The van der Waals surface area contributed by atoms with Gasteiger partial charge in [0.1, 0.15) is 52.1 Å². The molecule has 43 heavy (non-hydrogen) atoms. The van der Waals surface area contributed by atoms with Gasteiger partial charge in [-0.3, -0.25) is 4.98 Å². The van der Waals surface area contributed by atoms with Crippen LogP contribution in [0.3, 0.4) is 0 Å². The molecule has 1 aliphatic carbocycles. The number of hydrogen-bond acceptors (Lipinski definition) is 9. The number of hydrogen-bond donors (Lipinski definition) is 3. The number of aliphatic hydroxyl groups is 3. The quantitative estimate of drug-likeness (QED) is 0.238. The average molecular weight is 647 g/mol. The molecule has 1 saturated heterocycles. The van der Waals surface area contributed by atoms with Crippen molar-refractivity contribution in [2.24, 2.45) is 0 Å². The third-order valence-electron chi connectivity index (χ3n) is 8.10. The Kier molecular flexibility index (Phi) is 9.38. The summed E-state index contributed by atoms with van der Waals surface area (Å²) in [7, 11) is 1.37. The lowest BCUT2D eigenvalue weighted by molar-refractivity contribution is -0.186. The van der Waals surface area contributed by atoms with Gasteiger partial charge < -0.3 is 24.8 Å². The molecule has 0 amide bonds. The molecular weight excluding hydrogens is 616 g/mol. The summed E-state index contributed by atoms with van der Waals surface area (Å²) >= 11 is 6.70. The topological polar surface area (TPSA) is 123 Å². The zero-order chi connectivity index (χ0) is 31.1. The summed E-state index contributed by atoms with van der Waals surface area (Å²) in [6, 6.07) is 4.50. The number of ether oxygens (including phenoxy) is 2. The molecule has 6 atom stereocenters. The Hall–Kier alpha value is -2.33. The number of benzene rings is 1. The van der Waals surface area contributed by atoms with Gasteiger partial charge >= 0.3 is 0 Å². The maximum Gasteiger partial charge on any atom is 0.248 e. The molecule has 2 fully saturated rings. The Morgan fingerprint density at radius 3 is 2.49 bits per heavy atom. The molecule has 234 valence electrons. The number of halogens is 5. The summed E-state index contributed by atoms with van der Waals surface area (Å²) in [6.07, 6.45) is -1.94. The first kappa shape index (κ1) is 32.1. The number of alkyl halides is 2. The summed E-state index contributed by atoms with van der Waals surface area (Å²) < 4.78 is 69.7. The van der Waals surface area contributed by atoms with E-state index in [-0.39, 0.29) is 24.1 Å². The van der Waals surface area contributed by atoms with Crippen LogP contribution in [0.5, 0.6) is 0 Å². The standard InChI is InChI=1S/C28H31ClF4N4O5S/c1-14-4-3-9-34-21(14)25(27(40)5-7-28(32,33)8-6-27)43-26-24(41-2)22(23(39)19(13-38)42-26)37-12-18(35-36-37)15-10-16(30)20(29)17(31)11-15/h3-4,9-12,19,22-26,38-40H,5-8,13H2,1-2H3/t19-,22+,23+,24-,25?,26+/m1/s1. The third kappa shape index (κ3) is 6.42. The van der Waals surface area contributed by atoms with Crippen LogP contribution in [0.1, 0.15) is 48.2 Å². The van der Waals surface area contributed by atoms with Crippen molar-refractivity contribution < 1.29 is 42.4 Å². The van der Waals surface area contributed by atoms with Crippen molar-refractivity contribution in [3.05, 3.63) is 64.6 Å². The molecule has 1 saturated carbocycles. The molecule has 1 aliphatic heterocycles. The van der Waals surface area contributed by atoms with Crippen LogP contribution in [0.4, 0.5) is 17.6 Å². The van der Waals surface area contributed by atoms with Gasteiger partial charge in [-0.25, -0.2) is 22.2 Å². The summed E-state index contributed by atoms with van der Waals surface area (Å²) in [5.74, 6) is -4.87. The van der Waals surface area contributed by atoms with Crippen LogP contribution in [-0.4, -0.2) is 84.3 Å². The number of thioether (sulfide) groups is 1. The number of aliphatic hydroxyl groups excluding tert-OH is 2. The van der Waals surface area contributed by atoms with E-state index in [9.17, 15) is 32.9 Å². The highest BCUT2D eigenvalue weighted by molar-refractivity contribution is 8.00. The van der Waals surface area contributed by atoms with Gasteiger partial charge in [-0.2, -0.15) is 0 Å². The molecule has 0 radical (unpaired) electrons. The molecule has 9 nitrogen and oxygen atoms in total. The number of aromatic nitrogens is 4. The Bertz CT molecular complexity index is 1420. The van der Waals surface area contributed by atoms with E-state index in [2.05, 4.69) is 15.3 Å². The number of pyridine rings is 1. The Morgan fingerprint density at radius 2 is 1.88 bits per heavy atom. The first-order valence-corrected chi connectivity index (χ1v) is 14.9. The fourth-order valence-electron chi connectivity index (χ4n) is 5.64. The maximum atomic E-state index is 14.1. The molecule has 2 aromatic heterocycles. The normalized spacial score (nSPS) is 27.6. The highest BCUT2D eigenvalue weighted by Gasteiger charge is 2.53. The molecule has 1 aromatic carbocycles. The van der Waals surface area contributed by atoms with Crippen molar-refractivity contribution in [1.82, 2.24) is 20.0 Å². The summed E-state index contributed by atoms with van der Waals surface area (Å²) in [6.45, 7) is 1.21. The van der Waals surface area contributed by atoms with Gasteiger partial charge in [-0.15, -0.1) is 16.9 Å². The van der Waals surface area contributed by atoms with E-state index < -0.39 is 82.7 Å². The molecule has 2 aliphatic rings. The van der Waals surface area contributed by atoms with Crippen molar-refractivity contribution in [2.75, 3.05) is 13.7 Å². The minimum absolute atomic E-state index is 0.0489. The molecule has 1 unspecified atom stereocenters. The van der Waals surface area contributed by atoms with E-state index in [0.29, 0.717) is 5.69 Å². The van der Waals surface area contributed by atoms with Crippen molar-refractivity contribution in [3.8, 4) is 11.3 Å². The van der Waals surface area contributed by atoms with Crippen LogP contribution in [0.15, 0.2) is 36.7 Å². The largest absolute Gasteiger partial charge is 0.394 e. The molecule has 0 spiro atoms. The highest BCUT2D eigenvalue weighted by Crippen LogP contribution is 2.53. The lowest BCUT2D eigenvalue weighted by Gasteiger charge is -2.47. The second-order valence-electron chi connectivity index (χ2n) is 10.9. The van der Waals surface area contributed by atoms with Crippen LogP contribution in [0, 0.1) is 18.6 Å². The SMILES string of the molecule is CO[C@@H]1[C@@H](n2cc(-c3cc(F)c(Cl)c(F)c3)nn2)[C@@H](O)[C@@H](CO)O[C@H]1SC(c1ncccc1C)C1(O)CCC(F)(F)CC1. The molecule has 0 bridgehead atoms. The molecular formula is C28H31ClF4N4O5S. The van der Waals surface area contributed by atoms with E-state index >= 15 is 0 Å². The fraction of sp³-hybridized carbons (Fsp3) is 0.536. The Morgan fingerprint density at radius 1 is 1.21 bits per heavy atom. The number of methoxy groups -OCH3 is 1. The van der Waals surface area contributed by atoms with E-state index in [1.54, 1.807) is 25.3 Å². The average Bonchev–Trinajstić information content (AvgIpc) is 3.46. The van der Waals surface area contributed by atoms with E-state index in [4.69, 9.17) is 21.1 Å². The van der Waals surface area contributed by atoms with E-state index in [1.165, 1.54) is 18.0 Å². The second-order valence-corrected chi connectivity index (χ2v) is 12.5. The fourth-order valence-corrected chi connectivity index (χ4v) is 7.52. The smallest absolute Gasteiger partial charge is 0.248 e. The number of nitrogens with zero attached hydrogens (tertiary/aromatic N) is 4. The maximum absolute atomic E-state index is 14.1. The van der Waals surface area contributed by atoms with E-state index in [0.717, 1.165) is 29.5 Å². The van der Waals surface area contributed by atoms with Gasteiger partial charge in [-0.1, -0.05) is 22.9 Å². The lowest BCUT2D eigenvalue weighted by Crippen LogP contribution is -2.56. The lowest BCUT2D eigenvalue weighted by atomic mass is 9.79. The number of rotatable bonds is 8. The van der Waals surface area contributed by atoms with Crippen LogP contribution in [0.2, 0.25) is 5.02 Å². The van der Waals surface area contributed by atoms with Gasteiger partial charge in [-0.05, 0) is 43.5 Å². The zero-order valence-electron chi connectivity index (χ0n) is 23.2. The van der Waals surface area contributed by atoms with Gasteiger partial charge in [0, 0.05) is 31.7 Å². The summed E-state index contributed by atoms with van der Waals surface area (Å²) in [4.78, 5) is 4.48. The van der Waals surface area contributed by atoms with Crippen molar-refractivity contribution in [2.45, 2.75) is 79.2 Å². The molecule has 3 heterocycles. The summed E-state index contributed by atoms with van der Waals surface area (Å²) in [5, 5.41) is 39.7. The molecule has 3 N–H and O–H groups in total. The van der Waals surface area contributed by atoms with Crippen molar-refractivity contribution in [3.63, 3.8) is 0 Å². The van der Waals surface area contributed by atoms with Crippen LogP contribution in [0.25, 0.3) is 11.3 Å². The van der Waals surface area contributed by atoms with Crippen LogP contribution < -0.4 is 0 Å². The zero-order valence-corrected chi connectivity index (χ0v) is 24.8. The summed E-state index contributed by atoms with van der Waals surface area (Å²) in [5.41, 5.74) is -1.20. The van der Waals surface area contributed by atoms with Gasteiger partial charge in [0.25, 0.3) is 0 Å². The Balaban J connectivity index is 1.50. The molecule has 15 heteroatoms. The first-order chi connectivity index (χ1) is 20.4. The van der Waals surface area contributed by atoms with Gasteiger partial charge in [0.15, 0.2) is 0 Å². The minimum Gasteiger partial charge on any atom is -0.394 e. The van der Waals surface area contributed by atoms with Crippen LogP contribution in [-0.2, 0) is 9.47 Å². The monoisotopic (exact) mass is 646 g/mol. The van der Waals surface area contributed by atoms with E-state index in [1.807, 2.05) is 0 Å². The third-order valence-corrected chi connectivity index (χ3v) is 10.0. The number of aryl methyl sites for hydroxylation is 1. The van der Waals surface area contributed by atoms with Gasteiger partial charge in [0.2, 0.25) is 5.92 Å². The first-order valence-electron chi connectivity index (χ1n) is 13.6. The molecule has 5 rings (SSSR count). The predicted molar refractivity (Wildman–Crippen MR) is 150 cm³/mol. The van der Waals surface area contributed by atoms with Gasteiger partial charge in [0.05, 0.1) is 29.3 Å².